The van der Waals surface area contributed by atoms with Crippen molar-refractivity contribution in [2.45, 2.75) is 0 Å². The van der Waals surface area contributed by atoms with Crippen molar-refractivity contribution in [1.82, 2.24) is 15.0 Å². The molecule has 0 unspecified atom stereocenters. The van der Waals surface area contributed by atoms with Crippen molar-refractivity contribution in [3.05, 3.63) is 242 Å². The molecule has 10 aromatic carbocycles. The average molecular weight is 839 g/mol. The summed E-state index contributed by atoms with van der Waals surface area (Å²) in [6.45, 7) is 8.08. The highest BCUT2D eigenvalue weighted by atomic mass is 15.0. The minimum atomic E-state index is 0.583. The van der Waals surface area contributed by atoms with Crippen molar-refractivity contribution in [1.29, 1.82) is 0 Å². The second-order valence-electron chi connectivity index (χ2n) is 16.6. The zero-order valence-electron chi connectivity index (χ0n) is 35.7. The molecule has 12 rings (SSSR count). The molecule has 0 saturated heterocycles. The monoisotopic (exact) mass is 838 g/mol. The molecule has 0 aliphatic heterocycles. The minimum Gasteiger partial charge on any atom is -0.238 e. The lowest BCUT2D eigenvalue weighted by Gasteiger charge is -2.13. The van der Waals surface area contributed by atoms with Gasteiger partial charge in [0.25, 0.3) is 0 Å². The summed E-state index contributed by atoms with van der Waals surface area (Å²) in [5.41, 5.74) is 19.3. The van der Waals surface area contributed by atoms with Crippen LogP contribution in [0.25, 0.3) is 128 Å². The van der Waals surface area contributed by atoms with Gasteiger partial charge >= 0.3 is 0 Å². The van der Waals surface area contributed by atoms with Gasteiger partial charge in [-0.25, -0.2) is 19.8 Å². The largest absolute Gasteiger partial charge is 0.238 e. The third-order valence-corrected chi connectivity index (χ3v) is 12.7. The Balaban J connectivity index is 0.880. The SMILES string of the molecule is [C-]#[N+]c1cc(-c2ccc(-c3nc(-c4ccccc4)nc(-c4ccccc4-c4ccccc4)n3)cc2)cc(-c2cccc(-c3cccc(-c4cccc5c4-c4cccc6cccc-5c46)c3)c2)c1. The van der Waals surface area contributed by atoms with Crippen molar-refractivity contribution >= 4 is 16.5 Å². The van der Waals surface area contributed by atoms with Gasteiger partial charge in [0, 0.05) is 16.7 Å². The summed E-state index contributed by atoms with van der Waals surface area (Å²) in [7, 11) is 0. The minimum absolute atomic E-state index is 0.583. The Bertz CT molecular complexity index is 3690. The third kappa shape index (κ3) is 6.93. The van der Waals surface area contributed by atoms with Gasteiger partial charge in [-0.15, -0.1) is 0 Å². The van der Waals surface area contributed by atoms with Gasteiger partial charge in [0.1, 0.15) is 0 Å². The van der Waals surface area contributed by atoms with Gasteiger partial charge in [-0.1, -0.05) is 200 Å². The Morgan fingerprint density at radius 3 is 1.41 bits per heavy atom. The first-order valence-electron chi connectivity index (χ1n) is 22.1. The first kappa shape index (κ1) is 38.6. The molecule has 0 amide bonds. The second kappa shape index (κ2) is 16.3. The van der Waals surface area contributed by atoms with Crippen LogP contribution < -0.4 is 0 Å². The number of rotatable bonds is 8. The fraction of sp³-hybridized carbons (Fsp3) is 0. The van der Waals surface area contributed by atoms with E-state index < -0.39 is 0 Å². The number of hydrogen-bond donors (Lipinski definition) is 0. The topological polar surface area (TPSA) is 43.0 Å². The molecule has 0 radical (unpaired) electrons. The van der Waals surface area contributed by atoms with Crippen molar-refractivity contribution in [2.75, 3.05) is 0 Å². The van der Waals surface area contributed by atoms with Crippen LogP contribution in [0, 0.1) is 6.57 Å². The van der Waals surface area contributed by atoms with Crippen LogP contribution in [-0.2, 0) is 0 Å². The molecule has 4 heteroatoms. The summed E-state index contributed by atoms with van der Waals surface area (Å²) < 4.78 is 0. The Kier molecular flexibility index (Phi) is 9.51. The van der Waals surface area contributed by atoms with Gasteiger partial charge < -0.3 is 0 Å². The molecule has 0 N–H and O–H groups in total. The van der Waals surface area contributed by atoms with Crippen molar-refractivity contribution in [3.63, 3.8) is 0 Å². The predicted molar refractivity (Wildman–Crippen MR) is 272 cm³/mol. The Hall–Kier alpha value is -9.04. The van der Waals surface area contributed by atoms with E-state index in [-0.39, 0.29) is 0 Å². The van der Waals surface area contributed by atoms with E-state index in [0.29, 0.717) is 23.2 Å². The number of aromatic nitrogens is 3. The van der Waals surface area contributed by atoms with Gasteiger partial charge in [0.2, 0.25) is 0 Å². The number of nitrogens with zero attached hydrogens (tertiary/aromatic N) is 4. The Morgan fingerprint density at radius 1 is 0.273 bits per heavy atom. The molecular formula is C62H38N4. The highest BCUT2D eigenvalue weighted by molar-refractivity contribution is 6.18. The summed E-state index contributed by atoms with van der Waals surface area (Å²) in [5, 5.41) is 2.60. The van der Waals surface area contributed by atoms with E-state index in [9.17, 15) is 0 Å². The van der Waals surface area contributed by atoms with E-state index in [0.717, 1.165) is 61.2 Å². The first-order chi connectivity index (χ1) is 32.6. The van der Waals surface area contributed by atoms with Crippen LogP contribution >= 0.6 is 0 Å². The second-order valence-corrected chi connectivity index (χ2v) is 16.6. The van der Waals surface area contributed by atoms with Crippen LogP contribution in [0.5, 0.6) is 0 Å². The van der Waals surface area contributed by atoms with Crippen molar-refractivity contribution < 1.29 is 0 Å². The molecule has 1 aromatic heterocycles. The molecule has 11 aromatic rings. The molecule has 1 aliphatic carbocycles. The van der Waals surface area contributed by atoms with E-state index >= 15 is 0 Å². The molecule has 306 valence electrons. The zero-order valence-corrected chi connectivity index (χ0v) is 35.7. The lowest BCUT2D eigenvalue weighted by atomic mass is 9.91. The number of benzene rings is 10. The van der Waals surface area contributed by atoms with Crippen molar-refractivity contribution in [3.8, 4) is 112 Å². The lowest BCUT2D eigenvalue weighted by molar-refractivity contribution is 1.07. The summed E-state index contributed by atoms with van der Waals surface area (Å²) in [6.07, 6.45) is 0. The van der Waals surface area contributed by atoms with Crippen LogP contribution in [-0.4, -0.2) is 15.0 Å². The molecule has 0 atom stereocenters. The van der Waals surface area contributed by atoms with Gasteiger partial charge in [-0.05, 0) is 119 Å². The van der Waals surface area contributed by atoms with Gasteiger partial charge in [0.15, 0.2) is 23.2 Å². The molecule has 0 saturated carbocycles. The fourth-order valence-corrected chi connectivity index (χ4v) is 9.54. The summed E-state index contributed by atoms with van der Waals surface area (Å²) in [6, 6.07) is 80.5. The number of hydrogen-bond acceptors (Lipinski definition) is 3. The van der Waals surface area contributed by atoms with E-state index in [1.807, 2.05) is 72.8 Å². The molecule has 0 fully saturated rings. The molecule has 0 bridgehead atoms. The molecule has 1 heterocycles. The molecule has 4 nitrogen and oxygen atoms in total. The van der Waals surface area contributed by atoms with Crippen LogP contribution in [0.2, 0.25) is 0 Å². The maximum Gasteiger partial charge on any atom is 0.188 e. The van der Waals surface area contributed by atoms with E-state index in [1.165, 1.54) is 44.2 Å². The molecule has 1 aliphatic rings. The fourth-order valence-electron chi connectivity index (χ4n) is 9.54. The summed E-state index contributed by atoms with van der Waals surface area (Å²) in [4.78, 5) is 19.1. The van der Waals surface area contributed by atoms with E-state index in [4.69, 9.17) is 21.5 Å². The van der Waals surface area contributed by atoms with Crippen LogP contribution in [0.3, 0.4) is 0 Å². The summed E-state index contributed by atoms with van der Waals surface area (Å²) >= 11 is 0. The van der Waals surface area contributed by atoms with Gasteiger partial charge in [0.05, 0.1) is 6.57 Å². The first-order valence-corrected chi connectivity index (χ1v) is 22.1. The average Bonchev–Trinajstić information content (AvgIpc) is 3.74. The highest BCUT2D eigenvalue weighted by Crippen LogP contribution is 2.51. The van der Waals surface area contributed by atoms with Crippen LogP contribution in [0.4, 0.5) is 5.69 Å². The number of fused-ring (bicyclic) bond motifs is 3. The maximum atomic E-state index is 8.08. The van der Waals surface area contributed by atoms with E-state index in [2.05, 4.69) is 163 Å². The predicted octanol–water partition coefficient (Wildman–Crippen LogP) is 16.6. The van der Waals surface area contributed by atoms with E-state index in [1.54, 1.807) is 0 Å². The lowest BCUT2D eigenvalue weighted by Crippen LogP contribution is -2.01. The van der Waals surface area contributed by atoms with Crippen molar-refractivity contribution in [2.24, 2.45) is 0 Å². The van der Waals surface area contributed by atoms with Crippen LogP contribution in [0.15, 0.2) is 231 Å². The Morgan fingerprint density at radius 2 is 0.712 bits per heavy atom. The van der Waals surface area contributed by atoms with Crippen LogP contribution in [0.1, 0.15) is 0 Å². The van der Waals surface area contributed by atoms with Gasteiger partial charge in [-0.2, -0.15) is 0 Å². The maximum absolute atomic E-state index is 8.08. The highest BCUT2D eigenvalue weighted by Gasteiger charge is 2.24. The molecule has 0 spiro atoms. The smallest absolute Gasteiger partial charge is 0.188 e. The van der Waals surface area contributed by atoms with Gasteiger partial charge in [-0.3, -0.25) is 0 Å². The zero-order chi connectivity index (χ0) is 44.0. The normalized spacial score (nSPS) is 11.3. The Labute approximate surface area is 383 Å². The quantitative estimate of drug-likeness (QED) is 0.143. The standard InChI is InChI=1S/C62H38N4/c1-63-51-38-49(40-31-33-44(34-32-40)61-64-60(43-17-6-3-7-18-43)65-62(66-61)56-26-9-8-25-52(56)41-15-4-2-5-16-41)37-50(39-51)47-23-10-21-45(35-47)46-22-11-24-48(36-46)53-27-14-29-55-54-28-12-19-42-20-13-30-57(58(42)54)59(53)55/h2-39H. The third-order valence-electron chi connectivity index (χ3n) is 12.7. The molecular weight excluding hydrogens is 801 g/mol. The summed E-state index contributed by atoms with van der Waals surface area (Å²) in [5.74, 6) is 1.81. The molecule has 66 heavy (non-hydrogen) atoms.